The third-order valence-corrected chi connectivity index (χ3v) is 6.56. The summed E-state index contributed by atoms with van der Waals surface area (Å²) < 4.78 is 61.2. The number of hydrogen-bond donors (Lipinski definition) is 2. The number of esters is 1. The van der Waals surface area contributed by atoms with E-state index < -0.39 is 49.0 Å². The highest BCUT2D eigenvalue weighted by Gasteiger charge is 2.27. The molecular weight excluding hydrogens is 450 g/mol. The molecule has 1 aromatic heterocycles. The number of benzene rings is 2. The largest absolute Gasteiger partial charge is 0.505 e. The first-order valence-corrected chi connectivity index (χ1v) is 10.6. The third-order valence-electron chi connectivity index (χ3n) is 4.09. The zero-order valence-corrected chi connectivity index (χ0v) is 16.5. The van der Waals surface area contributed by atoms with E-state index in [1.165, 1.54) is 5.51 Å². The van der Waals surface area contributed by atoms with Crippen molar-refractivity contribution in [3.8, 4) is 17.0 Å². The first kappa shape index (κ1) is 19.6. The van der Waals surface area contributed by atoms with E-state index in [1.54, 1.807) is 0 Å². The van der Waals surface area contributed by atoms with Gasteiger partial charge in [0.1, 0.15) is 23.1 Å². The molecule has 2 N–H and O–H groups in total. The van der Waals surface area contributed by atoms with Crippen LogP contribution in [0.2, 0.25) is 5.02 Å². The fraction of sp³-hybridized carbons (Fsp3) is 0.0588. The smallest absolute Gasteiger partial charge is 0.338 e. The van der Waals surface area contributed by atoms with Crippen molar-refractivity contribution in [3.63, 3.8) is 0 Å². The first-order chi connectivity index (χ1) is 13.7. The highest BCUT2D eigenvalue weighted by Crippen LogP contribution is 2.37. The van der Waals surface area contributed by atoms with Crippen LogP contribution in [0.1, 0.15) is 15.2 Å². The predicted molar refractivity (Wildman–Crippen MR) is 101 cm³/mol. The molecule has 1 aliphatic heterocycles. The van der Waals surface area contributed by atoms with Crippen LogP contribution in [-0.4, -0.2) is 24.5 Å². The van der Waals surface area contributed by atoms with Crippen molar-refractivity contribution >= 4 is 44.6 Å². The van der Waals surface area contributed by atoms with E-state index in [1.807, 2.05) is 4.72 Å². The molecule has 150 valence electrons. The lowest BCUT2D eigenvalue weighted by Crippen LogP contribution is -2.15. The molecule has 0 radical (unpaired) electrons. The molecule has 0 saturated carbocycles. The minimum Gasteiger partial charge on any atom is -0.505 e. The summed E-state index contributed by atoms with van der Waals surface area (Å²) in [4.78, 5) is 16.0. The quantitative estimate of drug-likeness (QED) is 0.495. The number of carbonyl (C=O) groups excluding carboxylic acids is 1. The van der Waals surface area contributed by atoms with Crippen LogP contribution >= 0.6 is 22.9 Å². The molecule has 29 heavy (non-hydrogen) atoms. The number of cyclic esters (lactones) is 1. The molecule has 4 rings (SSSR count). The van der Waals surface area contributed by atoms with Crippen LogP contribution in [0.4, 0.5) is 14.5 Å². The minimum absolute atomic E-state index is 0.0765. The van der Waals surface area contributed by atoms with Gasteiger partial charge in [-0.3, -0.25) is 4.72 Å². The van der Waals surface area contributed by atoms with Crippen molar-refractivity contribution in [1.29, 1.82) is 0 Å². The normalized spacial score (nSPS) is 15.2. The average Bonchev–Trinajstić information content (AvgIpc) is 3.11. The number of phenolic OH excluding ortho intramolecular Hbond substituents is 1. The zero-order chi connectivity index (χ0) is 20.9. The first-order valence-electron chi connectivity index (χ1n) is 7.81. The van der Waals surface area contributed by atoms with Gasteiger partial charge in [0.2, 0.25) is 0 Å². The van der Waals surface area contributed by atoms with Gasteiger partial charge >= 0.3 is 5.97 Å². The number of fused-ring (bicyclic) bond motifs is 6. The number of hydrogen-bond acceptors (Lipinski definition) is 7. The molecule has 12 heteroatoms. The van der Waals surface area contributed by atoms with Gasteiger partial charge in [0, 0.05) is 11.6 Å². The Morgan fingerprint density at radius 2 is 1.97 bits per heavy atom. The molecule has 0 atom stereocenters. The van der Waals surface area contributed by atoms with E-state index in [-0.39, 0.29) is 23.4 Å². The number of carbonyl (C=O) groups is 1. The monoisotopic (exact) mass is 458 g/mol. The molecule has 7 nitrogen and oxygen atoms in total. The Labute approximate surface area is 171 Å². The summed E-state index contributed by atoms with van der Waals surface area (Å²) >= 11 is 6.92. The number of sulfonamides is 1. The minimum atomic E-state index is -4.61. The maximum absolute atomic E-state index is 14.4. The molecule has 0 saturated heterocycles. The number of nitrogens with zero attached hydrogens (tertiary/aromatic N) is 1. The Balaban J connectivity index is 2.00. The fourth-order valence-electron chi connectivity index (χ4n) is 2.71. The van der Waals surface area contributed by atoms with Crippen LogP contribution in [0, 0.1) is 11.6 Å². The maximum atomic E-state index is 14.4. The molecule has 4 bridgehead atoms. The average molecular weight is 459 g/mol. The molecule has 2 aromatic carbocycles. The standard InChI is InChI=1S/C17H9ClF2N2O5S2/c18-9-1-7-2-14(16(9)23)29(25,26)22-12-3-8(10(19)4-11(12)20)15-13(28-6-21-15)5-27-17(7)24/h1-4,6,22-23H,5H2. The van der Waals surface area contributed by atoms with E-state index in [2.05, 4.69) is 4.98 Å². The van der Waals surface area contributed by atoms with E-state index in [0.717, 1.165) is 29.5 Å². The Morgan fingerprint density at radius 3 is 2.72 bits per heavy atom. The van der Waals surface area contributed by atoms with Gasteiger partial charge in [0.15, 0.2) is 5.75 Å². The van der Waals surface area contributed by atoms with Gasteiger partial charge in [-0.1, -0.05) is 11.6 Å². The van der Waals surface area contributed by atoms with Crippen LogP contribution in [0.25, 0.3) is 11.3 Å². The van der Waals surface area contributed by atoms with Crippen LogP contribution in [0.3, 0.4) is 0 Å². The van der Waals surface area contributed by atoms with Crippen molar-refractivity contribution in [2.24, 2.45) is 0 Å². The lowest BCUT2D eigenvalue weighted by molar-refractivity contribution is 0.0477. The molecule has 0 amide bonds. The second kappa shape index (κ2) is 6.94. The van der Waals surface area contributed by atoms with Gasteiger partial charge in [0.25, 0.3) is 10.0 Å². The summed E-state index contributed by atoms with van der Waals surface area (Å²) in [5, 5.41) is 9.65. The predicted octanol–water partition coefficient (Wildman–Crippen LogP) is 3.92. The summed E-state index contributed by atoms with van der Waals surface area (Å²) in [6.45, 7) is -0.293. The molecule has 0 aliphatic carbocycles. The molecule has 1 aliphatic rings. The van der Waals surface area contributed by atoms with E-state index in [4.69, 9.17) is 16.3 Å². The molecular formula is C17H9ClF2N2O5S2. The van der Waals surface area contributed by atoms with Crippen molar-refractivity contribution in [1.82, 2.24) is 4.98 Å². The molecule has 2 heterocycles. The highest BCUT2D eigenvalue weighted by atomic mass is 35.5. The Hall–Kier alpha value is -2.76. The van der Waals surface area contributed by atoms with Crippen LogP contribution in [0.5, 0.6) is 5.75 Å². The molecule has 0 fully saturated rings. The second-order valence-corrected chi connectivity index (χ2v) is 8.92. The Kier molecular flexibility index (Phi) is 4.68. The van der Waals surface area contributed by atoms with Gasteiger partial charge in [-0.15, -0.1) is 11.3 Å². The lowest BCUT2D eigenvalue weighted by Gasteiger charge is -2.13. The van der Waals surface area contributed by atoms with E-state index >= 15 is 0 Å². The van der Waals surface area contributed by atoms with Gasteiger partial charge < -0.3 is 9.84 Å². The maximum Gasteiger partial charge on any atom is 0.338 e. The Morgan fingerprint density at radius 1 is 1.21 bits per heavy atom. The molecule has 0 unspecified atom stereocenters. The van der Waals surface area contributed by atoms with E-state index in [0.29, 0.717) is 10.9 Å². The van der Waals surface area contributed by atoms with E-state index in [9.17, 15) is 27.1 Å². The van der Waals surface area contributed by atoms with Gasteiger partial charge in [-0.25, -0.2) is 27.0 Å². The molecule has 0 spiro atoms. The third kappa shape index (κ3) is 3.41. The summed E-state index contributed by atoms with van der Waals surface area (Å²) in [5.74, 6) is -3.93. The van der Waals surface area contributed by atoms with Gasteiger partial charge in [-0.05, 0) is 18.2 Å². The summed E-state index contributed by atoms with van der Waals surface area (Å²) in [7, 11) is -4.61. The second-order valence-electron chi connectivity index (χ2n) is 5.92. The Bertz CT molecular complexity index is 1280. The van der Waals surface area contributed by atoms with Gasteiger partial charge in [0.05, 0.1) is 32.4 Å². The summed E-state index contributed by atoms with van der Waals surface area (Å²) in [5.41, 5.74) is 0.439. The lowest BCUT2D eigenvalue weighted by atomic mass is 10.1. The number of halogens is 3. The number of aromatic nitrogens is 1. The number of ether oxygens (including phenoxy) is 1. The zero-order valence-electron chi connectivity index (χ0n) is 14.1. The number of rotatable bonds is 0. The van der Waals surface area contributed by atoms with Crippen LogP contribution in [0.15, 0.2) is 34.7 Å². The van der Waals surface area contributed by atoms with Crippen LogP contribution in [-0.2, 0) is 21.4 Å². The number of aromatic hydroxyl groups is 1. The number of phenols is 1. The van der Waals surface area contributed by atoms with Crippen molar-refractivity contribution in [2.75, 3.05) is 4.72 Å². The number of thiazole rings is 1. The molecule has 3 aromatic rings. The number of anilines is 1. The van der Waals surface area contributed by atoms with Crippen molar-refractivity contribution in [2.45, 2.75) is 11.5 Å². The SMILES string of the molecule is O=C1OCc2scnc2-c2cc(c(F)cc2F)NS(=O)(=O)c2cc1cc(Cl)c2O. The van der Waals surface area contributed by atoms with Crippen LogP contribution < -0.4 is 4.72 Å². The highest BCUT2D eigenvalue weighted by molar-refractivity contribution is 7.92. The number of nitrogens with one attached hydrogen (secondary N) is 1. The summed E-state index contributed by atoms with van der Waals surface area (Å²) in [6, 6.07) is 3.32. The fourth-order valence-corrected chi connectivity index (χ4v) is 4.88. The van der Waals surface area contributed by atoms with Gasteiger partial charge in [-0.2, -0.15) is 0 Å². The van der Waals surface area contributed by atoms with Crippen molar-refractivity contribution in [3.05, 3.63) is 56.9 Å². The van der Waals surface area contributed by atoms with Crippen molar-refractivity contribution < 1.29 is 31.8 Å². The summed E-state index contributed by atoms with van der Waals surface area (Å²) in [6.07, 6.45) is 0. The topological polar surface area (TPSA) is 106 Å².